The number of ether oxygens (including phenoxy) is 1. The van der Waals surface area contributed by atoms with Gasteiger partial charge in [0.15, 0.2) is 6.10 Å². The predicted octanol–water partition coefficient (Wildman–Crippen LogP) is 3.25. The van der Waals surface area contributed by atoms with E-state index >= 15 is 0 Å². The summed E-state index contributed by atoms with van der Waals surface area (Å²) >= 11 is 0.839. The van der Waals surface area contributed by atoms with E-state index in [0.717, 1.165) is 11.3 Å². The summed E-state index contributed by atoms with van der Waals surface area (Å²) in [5.74, 6) is 0.580. The Labute approximate surface area is 157 Å². The first-order chi connectivity index (χ1) is 12.2. The van der Waals surface area contributed by atoms with Gasteiger partial charge in [-0.05, 0) is 37.0 Å². The Morgan fingerprint density at radius 1 is 1.19 bits per heavy atom. The third-order valence-electron chi connectivity index (χ3n) is 3.60. The molecule has 1 atom stereocenters. The van der Waals surface area contributed by atoms with Gasteiger partial charge in [0.1, 0.15) is 5.75 Å². The molecule has 2 aromatic rings. The fourth-order valence-electron chi connectivity index (χ4n) is 2.14. The Kier molecular flexibility index (Phi) is 6.71. The quantitative estimate of drug-likeness (QED) is 0.687. The van der Waals surface area contributed by atoms with Crippen LogP contribution in [0.5, 0.6) is 5.75 Å². The molecule has 26 heavy (non-hydrogen) atoms. The van der Waals surface area contributed by atoms with E-state index in [1.807, 2.05) is 24.3 Å². The third-order valence-corrected chi connectivity index (χ3v) is 6.81. The standard InChI is InChI=1S/C17H23N3O4S2/c1-5-10-26(22,23)17-20-19-16(25-17)18-15(21)12(4)24-14-8-6-13(7-9-14)11(2)3/h6-9,11-12H,5,10H2,1-4H3,(H,18,19,21)/t12-/m1/s1. The highest BCUT2D eigenvalue weighted by molar-refractivity contribution is 7.93. The van der Waals surface area contributed by atoms with E-state index in [1.165, 1.54) is 5.56 Å². The van der Waals surface area contributed by atoms with Crippen molar-refractivity contribution in [2.24, 2.45) is 0 Å². The first kappa shape index (κ1) is 20.3. The number of aromatic nitrogens is 2. The second-order valence-electron chi connectivity index (χ2n) is 6.17. The lowest BCUT2D eigenvalue weighted by Crippen LogP contribution is -2.30. The number of hydrogen-bond acceptors (Lipinski definition) is 7. The van der Waals surface area contributed by atoms with E-state index in [2.05, 4.69) is 29.4 Å². The SMILES string of the molecule is CCCS(=O)(=O)c1nnc(NC(=O)[C@@H](C)Oc2ccc(C(C)C)cc2)s1. The minimum absolute atomic E-state index is 0.00145. The molecular formula is C17H23N3O4S2. The zero-order chi connectivity index (χ0) is 19.3. The van der Waals surface area contributed by atoms with Gasteiger partial charge in [-0.3, -0.25) is 10.1 Å². The number of sulfone groups is 1. The summed E-state index contributed by atoms with van der Waals surface area (Å²) in [6, 6.07) is 7.56. The van der Waals surface area contributed by atoms with Crippen LogP contribution in [-0.4, -0.2) is 36.4 Å². The van der Waals surface area contributed by atoms with Crippen LogP contribution in [0.3, 0.4) is 0 Å². The van der Waals surface area contributed by atoms with Crippen molar-refractivity contribution in [3.05, 3.63) is 29.8 Å². The Morgan fingerprint density at radius 2 is 1.85 bits per heavy atom. The van der Waals surface area contributed by atoms with Gasteiger partial charge in [0.05, 0.1) is 5.75 Å². The number of rotatable bonds is 8. The van der Waals surface area contributed by atoms with Crippen molar-refractivity contribution in [2.75, 3.05) is 11.1 Å². The van der Waals surface area contributed by atoms with Crippen LogP contribution in [0.2, 0.25) is 0 Å². The molecule has 0 unspecified atom stereocenters. The van der Waals surface area contributed by atoms with Crippen LogP contribution in [0.25, 0.3) is 0 Å². The molecule has 0 fully saturated rings. The van der Waals surface area contributed by atoms with Crippen LogP contribution < -0.4 is 10.1 Å². The van der Waals surface area contributed by atoms with Crippen LogP contribution in [-0.2, 0) is 14.6 Å². The molecule has 7 nitrogen and oxygen atoms in total. The molecule has 0 aliphatic rings. The summed E-state index contributed by atoms with van der Waals surface area (Å²) in [6.07, 6.45) is -0.274. The average molecular weight is 398 g/mol. The van der Waals surface area contributed by atoms with Crippen LogP contribution in [0, 0.1) is 0 Å². The predicted molar refractivity (Wildman–Crippen MR) is 102 cm³/mol. The van der Waals surface area contributed by atoms with Crippen molar-refractivity contribution in [2.45, 2.75) is 50.5 Å². The van der Waals surface area contributed by atoms with Gasteiger partial charge in [0.25, 0.3) is 5.91 Å². The molecule has 1 amide bonds. The lowest BCUT2D eigenvalue weighted by molar-refractivity contribution is -0.122. The molecule has 1 aromatic carbocycles. The van der Waals surface area contributed by atoms with Gasteiger partial charge in [-0.1, -0.05) is 44.2 Å². The van der Waals surface area contributed by atoms with Crippen LogP contribution in [0.1, 0.15) is 45.6 Å². The average Bonchev–Trinajstić information content (AvgIpc) is 3.04. The zero-order valence-corrected chi connectivity index (χ0v) is 16.9. The largest absolute Gasteiger partial charge is 0.481 e. The number of carbonyl (C=O) groups is 1. The van der Waals surface area contributed by atoms with E-state index in [4.69, 9.17) is 4.74 Å². The zero-order valence-electron chi connectivity index (χ0n) is 15.2. The van der Waals surface area contributed by atoms with Crippen molar-refractivity contribution in [3.8, 4) is 5.75 Å². The van der Waals surface area contributed by atoms with E-state index in [0.29, 0.717) is 18.1 Å². The highest BCUT2D eigenvalue weighted by atomic mass is 32.2. The van der Waals surface area contributed by atoms with Crippen molar-refractivity contribution in [3.63, 3.8) is 0 Å². The highest BCUT2D eigenvalue weighted by Crippen LogP contribution is 2.22. The maximum Gasteiger partial charge on any atom is 0.266 e. The Balaban J connectivity index is 1.98. The molecule has 1 heterocycles. The minimum Gasteiger partial charge on any atom is -0.481 e. The molecule has 0 aliphatic heterocycles. The molecule has 0 spiro atoms. The second kappa shape index (κ2) is 8.59. The topological polar surface area (TPSA) is 98.3 Å². The van der Waals surface area contributed by atoms with Gasteiger partial charge in [-0.15, -0.1) is 10.2 Å². The van der Waals surface area contributed by atoms with Gasteiger partial charge < -0.3 is 4.74 Å². The maximum absolute atomic E-state index is 12.2. The fraction of sp³-hybridized carbons (Fsp3) is 0.471. The lowest BCUT2D eigenvalue weighted by atomic mass is 10.0. The Bertz CT molecular complexity index is 845. The highest BCUT2D eigenvalue weighted by Gasteiger charge is 2.22. The summed E-state index contributed by atoms with van der Waals surface area (Å²) in [5, 5.41) is 10.1. The second-order valence-corrected chi connectivity index (χ2v) is 9.43. The molecule has 1 N–H and O–H groups in total. The molecule has 0 bridgehead atoms. The van der Waals surface area contributed by atoms with Crippen molar-refractivity contribution >= 4 is 32.2 Å². The Hall–Kier alpha value is -2.00. The molecule has 9 heteroatoms. The van der Waals surface area contributed by atoms with Crippen molar-refractivity contribution in [1.82, 2.24) is 10.2 Å². The van der Waals surface area contributed by atoms with E-state index in [-0.39, 0.29) is 15.2 Å². The van der Waals surface area contributed by atoms with Crippen LogP contribution >= 0.6 is 11.3 Å². The van der Waals surface area contributed by atoms with Crippen molar-refractivity contribution in [1.29, 1.82) is 0 Å². The smallest absolute Gasteiger partial charge is 0.266 e. The number of nitrogens with zero attached hydrogens (tertiary/aromatic N) is 2. The molecule has 0 radical (unpaired) electrons. The maximum atomic E-state index is 12.2. The first-order valence-corrected chi connectivity index (χ1v) is 10.8. The Morgan fingerprint density at radius 3 is 2.42 bits per heavy atom. The monoisotopic (exact) mass is 397 g/mol. The van der Waals surface area contributed by atoms with Gasteiger partial charge >= 0.3 is 0 Å². The summed E-state index contributed by atoms with van der Waals surface area (Å²) in [4.78, 5) is 12.2. The van der Waals surface area contributed by atoms with E-state index in [9.17, 15) is 13.2 Å². The number of benzene rings is 1. The van der Waals surface area contributed by atoms with Crippen LogP contribution in [0.4, 0.5) is 5.13 Å². The molecular weight excluding hydrogens is 374 g/mol. The molecule has 0 saturated heterocycles. The van der Waals surface area contributed by atoms with Gasteiger partial charge in [0.2, 0.25) is 19.3 Å². The summed E-state index contributed by atoms with van der Waals surface area (Å²) in [7, 11) is -3.44. The molecule has 2 rings (SSSR count). The van der Waals surface area contributed by atoms with E-state index < -0.39 is 21.8 Å². The number of anilines is 1. The molecule has 0 saturated carbocycles. The summed E-state index contributed by atoms with van der Waals surface area (Å²) < 4.78 is 29.4. The summed E-state index contributed by atoms with van der Waals surface area (Å²) in [6.45, 7) is 7.58. The number of hydrogen-bond donors (Lipinski definition) is 1. The van der Waals surface area contributed by atoms with E-state index in [1.54, 1.807) is 13.8 Å². The molecule has 142 valence electrons. The fourth-order valence-corrected chi connectivity index (χ4v) is 4.49. The molecule has 0 aliphatic carbocycles. The minimum atomic E-state index is -3.44. The van der Waals surface area contributed by atoms with Gasteiger partial charge in [0, 0.05) is 0 Å². The molecule has 1 aromatic heterocycles. The summed E-state index contributed by atoms with van der Waals surface area (Å²) in [5.41, 5.74) is 1.18. The van der Waals surface area contributed by atoms with Gasteiger partial charge in [-0.25, -0.2) is 8.42 Å². The third kappa shape index (κ3) is 5.25. The number of amides is 1. The number of carbonyl (C=O) groups excluding carboxylic acids is 1. The van der Waals surface area contributed by atoms with Crippen LogP contribution in [0.15, 0.2) is 28.6 Å². The number of nitrogens with one attached hydrogen (secondary N) is 1. The normalized spacial score (nSPS) is 12.8. The lowest BCUT2D eigenvalue weighted by Gasteiger charge is -2.14. The van der Waals surface area contributed by atoms with Crippen molar-refractivity contribution < 1.29 is 17.9 Å². The van der Waals surface area contributed by atoms with Gasteiger partial charge in [-0.2, -0.15) is 0 Å². The first-order valence-electron chi connectivity index (χ1n) is 8.36.